The van der Waals surface area contributed by atoms with Crippen LogP contribution in [0.2, 0.25) is 0 Å². The monoisotopic (exact) mass is 331 g/mol. The molecule has 1 aromatic carbocycles. The van der Waals surface area contributed by atoms with Gasteiger partial charge in [0.25, 0.3) is 0 Å². The minimum atomic E-state index is -0.290. The molecule has 2 rings (SSSR count). The summed E-state index contributed by atoms with van der Waals surface area (Å²) in [6, 6.07) is 7.60. The van der Waals surface area contributed by atoms with Gasteiger partial charge in [0.2, 0.25) is 0 Å². The molecule has 4 N–H and O–H groups in total. The lowest BCUT2D eigenvalue weighted by Gasteiger charge is -2.26. The van der Waals surface area contributed by atoms with Crippen LogP contribution in [-0.2, 0) is 0 Å². The summed E-state index contributed by atoms with van der Waals surface area (Å²) in [7, 11) is 0. The molecule has 0 amide bonds. The van der Waals surface area contributed by atoms with E-state index in [0.717, 1.165) is 31.1 Å². The number of hydrogen-bond acceptors (Lipinski definition) is 4. The zero-order valence-electron chi connectivity index (χ0n) is 13.1. The van der Waals surface area contributed by atoms with Gasteiger partial charge in [-0.1, -0.05) is 26.0 Å². The second kappa shape index (κ2) is 10.3. The van der Waals surface area contributed by atoms with Crippen molar-refractivity contribution in [1.29, 1.82) is 0 Å². The van der Waals surface area contributed by atoms with Crippen LogP contribution >= 0.6 is 12.4 Å². The van der Waals surface area contributed by atoms with Crippen molar-refractivity contribution in [3.63, 3.8) is 0 Å². The molecule has 0 bridgehead atoms. The van der Waals surface area contributed by atoms with Gasteiger partial charge in [-0.15, -0.1) is 12.4 Å². The summed E-state index contributed by atoms with van der Waals surface area (Å²) in [5, 5.41) is 0. The van der Waals surface area contributed by atoms with E-state index in [1.165, 1.54) is 0 Å². The lowest BCUT2D eigenvalue weighted by molar-refractivity contribution is 0.134. The summed E-state index contributed by atoms with van der Waals surface area (Å²) < 4.78 is 11.4. The number of nitrogens with zero attached hydrogens (tertiary/aromatic N) is 2. The molecule has 0 fully saturated rings. The summed E-state index contributed by atoms with van der Waals surface area (Å²) in [5.74, 6) is 2.00. The molecule has 1 aromatic rings. The molecule has 22 heavy (non-hydrogen) atoms. The fourth-order valence-electron chi connectivity index (χ4n) is 2.13. The Bertz CT molecular complexity index is 467. The van der Waals surface area contributed by atoms with Crippen molar-refractivity contribution in [2.45, 2.75) is 20.0 Å². The van der Waals surface area contributed by atoms with Gasteiger partial charge >= 0.3 is 0 Å². The Morgan fingerprint density at radius 3 is 2.55 bits per heavy atom. The van der Waals surface area contributed by atoms with Gasteiger partial charge in [-0.3, -0.25) is 4.99 Å². The number of fused-ring (bicyclic) bond motifs is 1. The van der Waals surface area contributed by atoms with Crippen molar-refractivity contribution < 1.29 is 14.9 Å². The van der Waals surface area contributed by atoms with Crippen LogP contribution in [-0.4, -0.2) is 55.1 Å². The van der Waals surface area contributed by atoms with Crippen LogP contribution in [0.3, 0.4) is 0 Å². The SMILES string of the molecule is CCN(CC)CCN=C(N)C1COc2ccccc2O1.Cl.O. The average Bonchev–Trinajstić information content (AvgIpc) is 2.51. The van der Waals surface area contributed by atoms with Crippen LogP contribution in [0.15, 0.2) is 29.3 Å². The number of benzene rings is 1. The second-order valence-electron chi connectivity index (χ2n) is 4.70. The summed E-state index contributed by atoms with van der Waals surface area (Å²) in [4.78, 5) is 6.71. The highest BCUT2D eigenvalue weighted by Gasteiger charge is 2.23. The van der Waals surface area contributed by atoms with E-state index in [2.05, 4.69) is 23.7 Å². The highest BCUT2D eigenvalue weighted by Crippen LogP contribution is 2.30. The zero-order chi connectivity index (χ0) is 14.4. The van der Waals surface area contributed by atoms with Crippen LogP contribution in [0, 0.1) is 0 Å². The maximum absolute atomic E-state index is 6.00. The molecule has 1 atom stereocenters. The highest BCUT2D eigenvalue weighted by atomic mass is 35.5. The molecule has 0 radical (unpaired) electrons. The molecule has 0 spiro atoms. The first kappa shape index (κ1) is 20.5. The maximum atomic E-state index is 6.00. The molecule has 0 saturated heterocycles. The smallest absolute Gasteiger partial charge is 0.189 e. The third-order valence-corrected chi connectivity index (χ3v) is 3.44. The normalized spacial score (nSPS) is 16.7. The molecule has 6 nitrogen and oxygen atoms in total. The van der Waals surface area contributed by atoms with Crippen LogP contribution in [0.4, 0.5) is 0 Å². The predicted molar refractivity (Wildman–Crippen MR) is 91.5 cm³/mol. The number of aliphatic imine (C=N–C) groups is 1. The molecular weight excluding hydrogens is 306 g/mol. The Kier molecular flexibility index (Phi) is 9.56. The van der Waals surface area contributed by atoms with Gasteiger partial charge in [0.15, 0.2) is 17.6 Å². The Balaban J connectivity index is 0.00000220. The molecule has 0 aliphatic carbocycles. The van der Waals surface area contributed by atoms with Gasteiger partial charge in [-0.25, -0.2) is 0 Å². The van der Waals surface area contributed by atoms with E-state index in [-0.39, 0.29) is 24.0 Å². The van der Waals surface area contributed by atoms with Crippen molar-refractivity contribution in [3.05, 3.63) is 24.3 Å². The first-order valence-corrected chi connectivity index (χ1v) is 7.15. The van der Waals surface area contributed by atoms with Crippen LogP contribution < -0.4 is 15.2 Å². The van der Waals surface area contributed by atoms with Gasteiger partial charge in [-0.2, -0.15) is 0 Å². The van der Waals surface area contributed by atoms with E-state index in [4.69, 9.17) is 15.2 Å². The van der Waals surface area contributed by atoms with Crippen molar-refractivity contribution >= 4 is 18.2 Å². The molecule has 1 aliphatic heterocycles. The summed E-state index contributed by atoms with van der Waals surface area (Å²) in [5.41, 5.74) is 6.00. The highest BCUT2D eigenvalue weighted by molar-refractivity contribution is 5.86. The van der Waals surface area contributed by atoms with Gasteiger partial charge in [0.05, 0.1) is 6.54 Å². The quantitative estimate of drug-likeness (QED) is 0.624. The number of hydrogen-bond donors (Lipinski definition) is 1. The molecule has 1 unspecified atom stereocenters. The lowest BCUT2D eigenvalue weighted by Crippen LogP contribution is -2.41. The number of likely N-dealkylation sites (N-methyl/N-ethyl adjacent to an activating group) is 1. The fraction of sp³-hybridized carbons (Fsp3) is 0.533. The van der Waals surface area contributed by atoms with Crippen LogP contribution in [0.1, 0.15) is 13.8 Å². The van der Waals surface area contributed by atoms with E-state index < -0.39 is 0 Å². The predicted octanol–water partition coefficient (Wildman–Crippen LogP) is 1.12. The average molecular weight is 332 g/mol. The molecule has 0 saturated carbocycles. The molecular formula is C15H26ClN3O3. The Labute approximate surface area is 138 Å². The van der Waals surface area contributed by atoms with E-state index in [1.807, 2.05) is 24.3 Å². The number of halogens is 1. The molecule has 126 valence electrons. The molecule has 1 aliphatic rings. The number of nitrogens with two attached hydrogens (primary N) is 1. The number of para-hydroxylation sites is 2. The summed E-state index contributed by atoms with van der Waals surface area (Å²) >= 11 is 0. The molecule has 7 heteroatoms. The third kappa shape index (κ3) is 5.36. The summed E-state index contributed by atoms with van der Waals surface area (Å²) in [6.07, 6.45) is -0.290. The zero-order valence-corrected chi connectivity index (χ0v) is 13.9. The van der Waals surface area contributed by atoms with Crippen molar-refractivity contribution in [3.8, 4) is 11.5 Å². The van der Waals surface area contributed by atoms with Crippen LogP contribution in [0.25, 0.3) is 0 Å². The van der Waals surface area contributed by atoms with Gasteiger partial charge in [-0.05, 0) is 25.2 Å². The Morgan fingerprint density at radius 2 is 1.91 bits per heavy atom. The fourth-order valence-corrected chi connectivity index (χ4v) is 2.13. The van der Waals surface area contributed by atoms with E-state index >= 15 is 0 Å². The Hall–Kier alpha value is -1.50. The van der Waals surface area contributed by atoms with Crippen molar-refractivity contribution in [2.75, 3.05) is 32.8 Å². The minimum Gasteiger partial charge on any atom is -0.485 e. The van der Waals surface area contributed by atoms with E-state index in [1.54, 1.807) is 0 Å². The van der Waals surface area contributed by atoms with Crippen molar-refractivity contribution in [1.82, 2.24) is 4.90 Å². The maximum Gasteiger partial charge on any atom is 0.189 e. The van der Waals surface area contributed by atoms with Gasteiger partial charge < -0.3 is 25.6 Å². The molecule has 0 aromatic heterocycles. The molecule has 1 heterocycles. The topological polar surface area (TPSA) is 91.6 Å². The standard InChI is InChI=1S/C15H23N3O2.ClH.H2O/c1-3-18(4-2)10-9-17-15(16)14-11-19-12-7-5-6-8-13(12)20-14;;/h5-8,14H,3-4,9-11H2,1-2H3,(H2,16,17);1H;1H2. The van der Waals surface area contributed by atoms with Gasteiger partial charge in [0, 0.05) is 6.54 Å². The van der Waals surface area contributed by atoms with Crippen LogP contribution in [0.5, 0.6) is 11.5 Å². The number of rotatable bonds is 6. The first-order valence-electron chi connectivity index (χ1n) is 7.15. The van der Waals surface area contributed by atoms with Gasteiger partial charge in [0.1, 0.15) is 12.4 Å². The largest absolute Gasteiger partial charge is 0.485 e. The number of ether oxygens (including phenoxy) is 2. The first-order chi connectivity index (χ1) is 9.74. The van der Waals surface area contributed by atoms with E-state index in [9.17, 15) is 0 Å². The minimum absolute atomic E-state index is 0. The van der Waals surface area contributed by atoms with E-state index in [0.29, 0.717) is 19.0 Å². The van der Waals surface area contributed by atoms with Crippen molar-refractivity contribution in [2.24, 2.45) is 10.7 Å². The third-order valence-electron chi connectivity index (χ3n) is 3.44. The summed E-state index contributed by atoms with van der Waals surface area (Å²) in [6.45, 7) is 8.37. The lowest BCUT2D eigenvalue weighted by atomic mass is 10.2. The Morgan fingerprint density at radius 1 is 1.27 bits per heavy atom. The second-order valence-corrected chi connectivity index (χ2v) is 4.70. The number of amidine groups is 1.